The summed E-state index contributed by atoms with van der Waals surface area (Å²) in [4.78, 5) is 12.2. The van der Waals surface area contributed by atoms with E-state index in [2.05, 4.69) is 16.1 Å². The number of hydrazine groups is 1. The highest BCUT2D eigenvalue weighted by atomic mass is 19.2. The Kier molecular flexibility index (Phi) is 6.05. The molecule has 6 atom stereocenters. The number of alkyl halides is 2. The number of rotatable bonds is 4. The number of nitrogens with zero attached hydrogens (tertiary/aromatic N) is 1. The van der Waals surface area contributed by atoms with Crippen LogP contribution in [0.4, 0.5) is 8.78 Å². The highest BCUT2D eigenvalue weighted by Gasteiger charge is 2.33. The van der Waals surface area contributed by atoms with E-state index in [9.17, 15) is 13.6 Å². The van der Waals surface area contributed by atoms with Crippen molar-refractivity contribution < 1.29 is 13.6 Å². The van der Waals surface area contributed by atoms with Crippen molar-refractivity contribution in [2.75, 3.05) is 20.1 Å². The van der Waals surface area contributed by atoms with Gasteiger partial charge in [0.2, 0.25) is 5.91 Å². The minimum Gasteiger partial charge on any atom is -0.339 e. The average Bonchev–Trinajstić information content (AvgIpc) is 2.99. The van der Waals surface area contributed by atoms with Crippen molar-refractivity contribution in [2.24, 2.45) is 11.8 Å². The van der Waals surface area contributed by atoms with Gasteiger partial charge in [0.05, 0.1) is 6.17 Å². The smallest absolute Gasteiger partial charge is 0.239 e. The van der Waals surface area contributed by atoms with Crippen molar-refractivity contribution in [3.05, 3.63) is 0 Å². The maximum absolute atomic E-state index is 13.5. The molecule has 0 aromatic carbocycles. The van der Waals surface area contributed by atoms with Crippen molar-refractivity contribution in [1.82, 2.24) is 21.1 Å². The highest BCUT2D eigenvalue weighted by molar-refractivity contribution is 5.82. The predicted molar refractivity (Wildman–Crippen MR) is 88.6 cm³/mol. The Morgan fingerprint density at radius 1 is 1.12 bits per heavy atom. The summed E-state index contributed by atoms with van der Waals surface area (Å²) < 4.78 is 26.7. The summed E-state index contributed by atoms with van der Waals surface area (Å²) in [6.07, 6.45) is 2.77. The van der Waals surface area contributed by atoms with Crippen LogP contribution in [-0.4, -0.2) is 55.6 Å². The summed E-state index contributed by atoms with van der Waals surface area (Å²) >= 11 is 0. The molecular formula is C17H30F2N4O. The first-order valence-electron chi connectivity index (χ1n) is 9.30. The molecule has 2 saturated heterocycles. The molecule has 3 aliphatic rings. The van der Waals surface area contributed by atoms with Crippen LogP contribution in [0.3, 0.4) is 0 Å². The molecule has 1 amide bonds. The first-order chi connectivity index (χ1) is 11.5. The third-order valence-electron chi connectivity index (χ3n) is 5.75. The second-order valence-corrected chi connectivity index (χ2v) is 7.75. The zero-order valence-corrected chi connectivity index (χ0v) is 14.4. The fraction of sp³-hybridized carbons (Fsp3) is 0.941. The Morgan fingerprint density at radius 2 is 1.92 bits per heavy atom. The van der Waals surface area contributed by atoms with E-state index in [0.29, 0.717) is 24.7 Å². The van der Waals surface area contributed by atoms with Gasteiger partial charge in [-0.1, -0.05) is 0 Å². The Balaban J connectivity index is 1.36. The maximum Gasteiger partial charge on any atom is 0.239 e. The predicted octanol–water partition coefficient (Wildman–Crippen LogP) is 1.50. The lowest BCUT2D eigenvalue weighted by molar-refractivity contribution is -0.124. The quantitative estimate of drug-likeness (QED) is 0.724. The van der Waals surface area contributed by atoms with Gasteiger partial charge in [-0.05, 0) is 63.3 Å². The van der Waals surface area contributed by atoms with Gasteiger partial charge in [0, 0.05) is 13.6 Å². The molecule has 1 aliphatic carbocycles. The van der Waals surface area contributed by atoms with Crippen molar-refractivity contribution in [1.29, 1.82) is 0 Å². The molecule has 3 fully saturated rings. The van der Waals surface area contributed by atoms with E-state index in [1.165, 1.54) is 0 Å². The second-order valence-electron chi connectivity index (χ2n) is 7.75. The van der Waals surface area contributed by atoms with Crippen LogP contribution in [-0.2, 0) is 4.79 Å². The summed E-state index contributed by atoms with van der Waals surface area (Å²) in [5, 5.41) is 8.42. The molecule has 0 aromatic heterocycles. The molecule has 0 radical (unpaired) electrons. The van der Waals surface area contributed by atoms with Gasteiger partial charge in [0.1, 0.15) is 18.4 Å². The number of nitrogens with one attached hydrogen (secondary N) is 3. The van der Waals surface area contributed by atoms with Gasteiger partial charge in [0.15, 0.2) is 0 Å². The molecular weight excluding hydrogens is 314 g/mol. The topological polar surface area (TPSA) is 56.4 Å². The van der Waals surface area contributed by atoms with Crippen molar-refractivity contribution >= 4 is 5.91 Å². The molecule has 7 heteroatoms. The Bertz CT molecular complexity index is 431. The third-order valence-corrected chi connectivity index (χ3v) is 5.75. The zero-order chi connectivity index (χ0) is 17.1. The largest absolute Gasteiger partial charge is 0.339 e. The van der Waals surface area contributed by atoms with Crippen LogP contribution in [0.2, 0.25) is 0 Å². The van der Waals surface area contributed by atoms with Gasteiger partial charge in [-0.2, -0.15) is 0 Å². The summed E-state index contributed by atoms with van der Waals surface area (Å²) in [5.41, 5.74) is 3.14. The first-order valence-corrected chi connectivity index (χ1v) is 9.30. The number of halogens is 2. The van der Waals surface area contributed by atoms with E-state index in [0.717, 1.165) is 45.2 Å². The maximum atomic E-state index is 13.5. The van der Waals surface area contributed by atoms with E-state index in [1.54, 1.807) is 0 Å². The molecule has 3 rings (SSSR count). The fourth-order valence-corrected chi connectivity index (χ4v) is 4.26. The number of hydrogen-bond donors (Lipinski definition) is 3. The van der Waals surface area contributed by atoms with Crippen LogP contribution in [0, 0.1) is 11.8 Å². The SMILES string of the molecule is CN1CCC(C(=O)NC2CCC(CC3CCC(F)C(F)C3)CN2)N1. The van der Waals surface area contributed by atoms with Gasteiger partial charge in [-0.15, -0.1) is 0 Å². The summed E-state index contributed by atoms with van der Waals surface area (Å²) in [6.45, 7) is 1.73. The van der Waals surface area contributed by atoms with Crippen LogP contribution in [0.5, 0.6) is 0 Å². The summed E-state index contributed by atoms with van der Waals surface area (Å²) in [5.74, 6) is 0.863. The van der Waals surface area contributed by atoms with E-state index < -0.39 is 12.3 Å². The number of hydrogen-bond acceptors (Lipinski definition) is 4. The monoisotopic (exact) mass is 344 g/mol. The fourth-order valence-electron chi connectivity index (χ4n) is 4.26. The van der Waals surface area contributed by atoms with Gasteiger partial charge < -0.3 is 5.32 Å². The lowest BCUT2D eigenvalue weighted by atomic mass is 9.79. The molecule has 24 heavy (non-hydrogen) atoms. The number of carbonyl (C=O) groups excluding carboxylic acids is 1. The van der Waals surface area contributed by atoms with E-state index in [-0.39, 0.29) is 18.1 Å². The average molecular weight is 344 g/mol. The van der Waals surface area contributed by atoms with Crippen LogP contribution >= 0.6 is 0 Å². The number of piperidine rings is 1. The molecule has 0 spiro atoms. The zero-order valence-electron chi connectivity index (χ0n) is 14.4. The van der Waals surface area contributed by atoms with Crippen molar-refractivity contribution in [3.63, 3.8) is 0 Å². The standard InChI is InChI=1S/C17H30F2N4O/c1-23-7-6-15(22-23)17(24)21-16-5-3-12(10-20-16)8-11-2-4-13(18)14(19)9-11/h11-16,20,22H,2-10H2,1H3,(H,21,24). The minimum atomic E-state index is -1.27. The highest BCUT2D eigenvalue weighted by Crippen LogP contribution is 2.34. The molecule has 1 saturated carbocycles. The first kappa shape index (κ1) is 18.0. The van der Waals surface area contributed by atoms with Crippen LogP contribution < -0.4 is 16.1 Å². The Labute approximate surface area is 142 Å². The van der Waals surface area contributed by atoms with Gasteiger partial charge in [0.25, 0.3) is 0 Å². The van der Waals surface area contributed by atoms with E-state index in [1.807, 2.05) is 12.1 Å². The summed E-state index contributed by atoms with van der Waals surface area (Å²) in [6, 6.07) is -0.133. The Hall–Kier alpha value is -0.790. The van der Waals surface area contributed by atoms with Crippen molar-refractivity contribution in [3.8, 4) is 0 Å². The van der Waals surface area contributed by atoms with Crippen LogP contribution in [0.1, 0.15) is 44.9 Å². The summed E-state index contributed by atoms with van der Waals surface area (Å²) in [7, 11) is 1.94. The normalized spacial score (nSPS) is 41.3. The van der Waals surface area contributed by atoms with Crippen molar-refractivity contribution in [2.45, 2.75) is 69.5 Å². The molecule has 0 aromatic rings. The van der Waals surface area contributed by atoms with Gasteiger partial charge >= 0.3 is 0 Å². The molecule has 3 N–H and O–H groups in total. The van der Waals surface area contributed by atoms with Gasteiger partial charge in [-0.3, -0.25) is 10.1 Å². The number of amides is 1. The lowest BCUT2D eigenvalue weighted by Gasteiger charge is -2.35. The number of carbonyl (C=O) groups is 1. The Morgan fingerprint density at radius 3 is 2.54 bits per heavy atom. The van der Waals surface area contributed by atoms with E-state index >= 15 is 0 Å². The molecule has 2 heterocycles. The van der Waals surface area contributed by atoms with Crippen LogP contribution in [0.15, 0.2) is 0 Å². The molecule has 0 bridgehead atoms. The molecule has 2 aliphatic heterocycles. The molecule has 6 unspecified atom stereocenters. The van der Waals surface area contributed by atoms with Crippen LogP contribution in [0.25, 0.3) is 0 Å². The minimum absolute atomic E-state index is 0.0250. The van der Waals surface area contributed by atoms with E-state index in [4.69, 9.17) is 0 Å². The third kappa shape index (κ3) is 4.64. The lowest BCUT2D eigenvalue weighted by Crippen LogP contribution is -2.54. The van der Waals surface area contributed by atoms with Gasteiger partial charge in [-0.25, -0.2) is 19.2 Å². The second kappa shape index (κ2) is 8.06. The molecule has 138 valence electrons. The molecule has 5 nitrogen and oxygen atoms in total.